The second-order valence-corrected chi connectivity index (χ2v) is 6.27. The predicted molar refractivity (Wildman–Crippen MR) is 103 cm³/mol. The number of likely N-dealkylation sites (N-methyl/N-ethyl adjacent to an activating group) is 1. The second kappa shape index (κ2) is 7.57. The van der Waals surface area contributed by atoms with E-state index < -0.39 is 0 Å². The van der Waals surface area contributed by atoms with Gasteiger partial charge < -0.3 is 10.1 Å². The molecule has 2 aromatic heterocycles. The Bertz CT molecular complexity index is 994. The van der Waals surface area contributed by atoms with Gasteiger partial charge in [0.15, 0.2) is 0 Å². The van der Waals surface area contributed by atoms with Gasteiger partial charge >= 0.3 is 0 Å². The number of para-hydroxylation sites is 1. The average molecular weight is 365 g/mol. The fourth-order valence-electron chi connectivity index (χ4n) is 3.07. The predicted octanol–water partition coefficient (Wildman–Crippen LogP) is 2.46. The van der Waals surface area contributed by atoms with Gasteiger partial charge in [0.05, 0.1) is 30.6 Å². The van der Waals surface area contributed by atoms with Crippen molar-refractivity contribution >= 4 is 5.91 Å². The number of carbonyl (C=O) groups excluding carboxylic acids is 1. The van der Waals surface area contributed by atoms with Gasteiger partial charge in [0.2, 0.25) is 5.91 Å². The number of amides is 1. The first-order valence-corrected chi connectivity index (χ1v) is 8.67. The van der Waals surface area contributed by atoms with Crippen LogP contribution in [0.25, 0.3) is 22.5 Å². The Morgan fingerprint density at radius 3 is 2.52 bits per heavy atom. The third-order valence-electron chi connectivity index (χ3n) is 4.52. The highest BCUT2D eigenvalue weighted by Gasteiger charge is 2.18. The lowest BCUT2D eigenvalue weighted by Gasteiger charge is -2.11. The van der Waals surface area contributed by atoms with Crippen LogP contribution in [0.15, 0.2) is 30.3 Å². The van der Waals surface area contributed by atoms with Gasteiger partial charge in [0, 0.05) is 30.9 Å². The second-order valence-electron chi connectivity index (χ2n) is 6.27. The molecule has 0 aliphatic heterocycles. The molecule has 140 valence electrons. The highest BCUT2D eigenvalue weighted by atomic mass is 16.5. The number of hydrogen-bond acceptors (Lipinski definition) is 5. The number of nitrogens with one attached hydrogen (secondary N) is 1. The van der Waals surface area contributed by atoms with E-state index in [-0.39, 0.29) is 12.3 Å². The molecule has 0 atom stereocenters. The van der Waals surface area contributed by atoms with Crippen molar-refractivity contribution in [2.24, 2.45) is 7.05 Å². The molecule has 3 aromatic rings. The summed E-state index contributed by atoms with van der Waals surface area (Å²) in [5.41, 5.74) is 5.13. The van der Waals surface area contributed by atoms with Crippen molar-refractivity contribution in [2.75, 3.05) is 14.2 Å². The van der Waals surface area contributed by atoms with Crippen molar-refractivity contribution < 1.29 is 9.53 Å². The van der Waals surface area contributed by atoms with E-state index in [9.17, 15) is 4.79 Å². The zero-order chi connectivity index (χ0) is 19.6. The third-order valence-corrected chi connectivity index (χ3v) is 4.52. The van der Waals surface area contributed by atoms with Crippen LogP contribution in [0.3, 0.4) is 0 Å². The molecule has 0 aliphatic carbocycles. The quantitative estimate of drug-likeness (QED) is 0.751. The Balaban J connectivity index is 2.22. The summed E-state index contributed by atoms with van der Waals surface area (Å²) in [6.45, 7) is 3.95. The molecule has 7 nitrogen and oxygen atoms in total. The SMILES string of the molecule is CNC(=O)Cc1nc(-c2ccccc2OC)cc(-c2c(C)nn(C)c2C)n1. The summed E-state index contributed by atoms with van der Waals surface area (Å²) in [6.07, 6.45) is 0.102. The van der Waals surface area contributed by atoms with Crippen LogP contribution >= 0.6 is 0 Å². The van der Waals surface area contributed by atoms with Crippen LogP contribution in [0.5, 0.6) is 5.75 Å². The molecule has 7 heteroatoms. The zero-order valence-electron chi connectivity index (χ0n) is 16.2. The molecule has 0 unspecified atom stereocenters. The largest absolute Gasteiger partial charge is 0.496 e. The van der Waals surface area contributed by atoms with Crippen molar-refractivity contribution in [2.45, 2.75) is 20.3 Å². The molecule has 0 saturated carbocycles. The summed E-state index contributed by atoms with van der Waals surface area (Å²) >= 11 is 0. The first-order chi connectivity index (χ1) is 12.9. The van der Waals surface area contributed by atoms with Gasteiger partial charge in [-0.15, -0.1) is 0 Å². The van der Waals surface area contributed by atoms with E-state index in [1.54, 1.807) is 14.2 Å². The van der Waals surface area contributed by atoms with Crippen LogP contribution in [-0.4, -0.2) is 39.8 Å². The first-order valence-electron chi connectivity index (χ1n) is 8.67. The van der Waals surface area contributed by atoms with E-state index >= 15 is 0 Å². The molecular formula is C20H23N5O2. The monoisotopic (exact) mass is 365 g/mol. The molecule has 0 bridgehead atoms. The number of aryl methyl sites for hydroxylation is 2. The van der Waals surface area contributed by atoms with Crippen molar-refractivity contribution in [1.82, 2.24) is 25.1 Å². The Morgan fingerprint density at radius 1 is 1.19 bits per heavy atom. The lowest BCUT2D eigenvalue weighted by molar-refractivity contribution is -0.120. The summed E-state index contributed by atoms with van der Waals surface area (Å²) in [5, 5.41) is 7.10. The van der Waals surface area contributed by atoms with Gasteiger partial charge in [0.25, 0.3) is 0 Å². The van der Waals surface area contributed by atoms with Crippen LogP contribution in [0.2, 0.25) is 0 Å². The van der Waals surface area contributed by atoms with Crippen molar-refractivity contribution in [1.29, 1.82) is 0 Å². The normalized spacial score (nSPS) is 10.7. The number of rotatable bonds is 5. The van der Waals surface area contributed by atoms with Crippen molar-refractivity contribution in [3.63, 3.8) is 0 Å². The number of aromatic nitrogens is 4. The molecular weight excluding hydrogens is 342 g/mol. The van der Waals surface area contributed by atoms with Gasteiger partial charge in [0.1, 0.15) is 11.6 Å². The molecule has 27 heavy (non-hydrogen) atoms. The summed E-state index contributed by atoms with van der Waals surface area (Å²) in [4.78, 5) is 21.2. The minimum Gasteiger partial charge on any atom is -0.496 e. The maximum absolute atomic E-state index is 11.9. The number of hydrogen-bond donors (Lipinski definition) is 1. The van der Waals surface area contributed by atoms with Crippen LogP contribution in [0.1, 0.15) is 17.2 Å². The molecule has 0 aliphatic rings. The highest BCUT2D eigenvalue weighted by Crippen LogP contribution is 2.32. The van der Waals surface area contributed by atoms with E-state index in [0.717, 1.165) is 28.2 Å². The molecule has 1 N–H and O–H groups in total. The Labute approximate surface area is 158 Å². The third kappa shape index (κ3) is 3.67. The first kappa shape index (κ1) is 18.6. The lowest BCUT2D eigenvalue weighted by atomic mass is 10.1. The maximum atomic E-state index is 11.9. The van der Waals surface area contributed by atoms with Gasteiger partial charge in [-0.2, -0.15) is 5.10 Å². The van der Waals surface area contributed by atoms with Gasteiger partial charge in [-0.1, -0.05) is 12.1 Å². The molecule has 3 rings (SSSR count). The van der Waals surface area contributed by atoms with Crippen LogP contribution < -0.4 is 10.1 Å². The number of carbonyl (C=O) groups is 1. The molecule has 0 fully saturated rings. The van der Waals surface area contributed by atoms with Gasteiger partial charge in [-0.3, -0.25) is 9.48 Å². The highest BCUT2D eigenvalue weighted by molar-refractivity contribution is 5.79. The van der Waals surface area contributed by atoms with E-state index in [0.29, 0.717) is 17.3 Å². The van der Waals surface area contributed by atoms with Crippen LogP contribution in [0, 0.1) is 13.8 Å². The number of methoxy groups -OCH3 is 1. The Morgan fingerprint density at radius 2 is 1.89 bits per heavy atom. The van der Waals surface area contributed by atoms with Gasteiger partial charge in [-0.25, -0.2) is 9.97 Å². The number of ether oxygens (including phenoxy) is 1. The fourth-order valence-corrected chi connectivity index (χ4v) is 3.07. The summed E-state index contributed by atoms with van der Waals surface area (Å²) in [6, 6.07) is 9.58. The lowest BCUT2D eigenvalue weighted by Crippen LogP contribution is -2.21. The maximum Gasteiger partial charge on any atom is 0.227 e. The molecule has 1 amide bonds. The van der Waals surface area contributed by atoms with Gasteiger partial charge in [-0.05, 0) is 32.0 Å². The van der Waals surface area contributed by atoms with E-state index in [1.165, 1.54) is 0 Å². The summed E-state index contributed by atoms with van der Waals surface area (Å²) in [5.74, 6) is 1.03. The average Bonchev–Trinajstić information content (AvgIpc) is 2.93. The molecule has 2 heterocycles. The van der Waals surface area contributed by atoms with Crippen LogP contribution in [-0.2, 0) is 18.3 Å². The standard InChI is InChI=1S/C20H23N5O2/c1-12-20(13(2)25(4)24-12)16-10-15(14-8-6-7-9-17(14)27-5)22-18(23-16)11-19(26)21-3/h6-10H,11H2,1-5H3,(H,21,26). The summed E-state index contributed by atoms with van der Waals surface area (Å²) < 4.78 is 7.31. The number of nitrogens with zero attached hydrogens (tertiary/aromatic N) is 4. The molecule has 0 saturated heterocycles. The number of benzene rings is 1. The molecule has 0 spiro atoms. The van der Waals surface area contributed by atoms with Crippen molar-refractivity contribution in [3.05, 3.63) is 47.5 Å². The van der Waals surface area contributed by atoms with Crippen LogP contribution in [0.4, 0.5) is 0 Å². The smallest absolute Gasteiger partial charge is 0.227 e. The van der Waals surface area contributed by atoms with Crippen molar-refractivity contribution in [3.8, 4) is 28.3 Å². The molecule has 1 aromatic carbocycles. The minimum atomic E-state index is -0.141. The molecule has 0 radical (unpaired) electrons. The Hall–Kier alpha value is -3.22. The van der Waals surface area contributed by atoms with E-state index in [2.05, 4.69) is 20.4 Å². The Kier molecular flexibility index (Phi) is 5.21. The fraction of sp³-hybridized carbons (Fsp3) is 0.300. The van der Waals surface area contributed by atoms with E-state index in [1.807, 2.05) is 55.9 Å². The zero-order valence-corrected chi connectivity index (χ0v) is 16.2. The minimum absolute atomic E-state index is 0.102. The topological polar surface area (TPSA) is 81.9 Å². The summed E-state index contributed by atoms with van der Waals surface area (Å²) in [7, 11) is 5.13. The van der Waals surface area contributed by atoms with E-state index in [4.69, 9.17) is 4.74 Å².